The normalized spacial score (nSPS) is 16.4. The van der Waals surface area contributed by atoms with E-state index in [1.807, 2.05) is 25.1 Å². The molecule has 108 valence electrons. The first-order valence-corrected chi connectivity index (χ1v) is 6.78. The van der Waals surface area contributed by atoms with Gasteiger partial charge in [-0.1, -0.05) is 25.1 Å². The predicted octanol–water partition coefficient (Wildman–Crippen LogP) is 1.36. The molecule has 0 fully saturated rings. The lowest BCUT2D eigenvalue weighted by Crippen LogP contribution is -2.23. The summed E-state index contributed by atoms with van der Waals surface area (Å²) in [6, 6.07) is 8.48. The zero-order valence-corrected chi connectivity index (χ0v) is 11.5. The number of carbonyl (C=O) groups excluding carboxylic acids is 2. The van der Waals surface area contributed by atoms with Crippen LogP contribution in [0.5, 0.6) is 0 Å². The van der Waals surface area contributed by atoms with Crippen LogP contribution in [0.25, 0.3) is 0 Å². The van der Waals surface area contributed by atoms with Crippen molar-refractivity contribution in [2.75, 3.05) is 10.6 Å². The minimum atomic E-state index is -0.642. The molecular formula is C14H15N5O2. The number of aryl methyl sites for hydroxylation is 1. The van der Waals surface area contributed by atoms with E-state index in [2.05, 4.69) is 20.7 Å². The standard InChI is InChI=1S/C14H15N5O2/c1-2-11-16-14-17-13(21)10(19(14)18-11)8-12(20)15-9-6-4-3-5-7-9/h3-7,10H,2,8H2,1H3,(H,15,20)(H,16,17,18,21)/t10-/m1/s1. The molecule has 1 aliphatic rings. The number of amides is 2. The Hall–Kier alpha value is -2.70. The van der Waals surface area contributed by atoms with Crippen LogP contribution in [0.4, 0.5) is 11.6 Å². The monoisotopic (exact) mass is 285 g/mol. The number of rotatable bonds is 4. The van der Waals surface area contributed by atoms with Crippen LogP contribution in [-0.4, -0.2) is 26.6 Å². The van der Waals surface area contributed by atoms with Crippen LogP contribution in [-0.2, 0) is 16.0 Å². The van der Waals surface area contributed by atoms with Crippen LogP contribution < -0.4 is 10.6 Å². The summed E-state index contributed by atoms with van der Waals surface area (Å²) in [6.07, 6.45) is 0.707. The Morgan fingerprint density at radius 3 is 2.86 bits per heavy atom. The predicted molar refractivity (Wildman–Crippen MR) is 76.8 cm³/mol. The molecule has 0 saturated carbocycles. The van der Waals surface area contributed by atoms with E-state index < -0.39 is 6.04 Å². The van der Waals surface area contributed by atoms with E-state index in [0.717, 1.165) is 0 Å². The summed E-state index contributed by atoms with van der Waals surface area (Å²) in [5.74, 6) is 0.575. The fourth-order valence-corrected chi connectivity index (χ4v) is 2.21. The average Bonchev–Trinajstić information content (AvgIpc) is 2.99. The molecule has 1 aromatic carbocycles. The van der Waals surface area contributed by atoms with Gasteiger partial charge in [0.15, 0.2) is 5.82 Å². The van der Waals surface area contributed by atoms with Gasteiger partial charge in [0.1, 0.15) is 6.04 Å². The summed E-state index contributed by atoms with van der Waals surface area (Å²) >= 11 is 0. The zero-order valence-electron chi connectivity index (χ0n) is 11.5. The number of nitrogens with zero attached hydrogens (tertiary/aromatic N) is 3. The van der Waals surface area contributed by atoms with Gasteiger partial charge in [-0.25, -0.2) is 4.68 Å². The molecule has 2 amide bonds. The molecule has 0 radical (unpaired) electrons. The molecule has 1 aliphatic heterocycles. The smallest absolute Gasteiger partial charge is 0.252 e. The summed E-state index contributed by atoms with van der Waals surface area (Å²) in [5, 5.41) is 9.65. The number of nitrogens with one attached hydrogen (secondary N) is 2. The molecule has 2 heterocycles. The van der Waals surface area contributed by atoms with Gasteiger partial charge in [0.25, 0.3) is 5.91 Å². The number of aromatic nitrogens is 3. The van der Waals surface area contributed by atoms with Gasteiger partial charge in [0.2, 0.25) is 11.9 Å². The number of anilines is 2. The molecule has 0 aliphatic carbocycles. The number of carbonyl (C=O) groups is 2. The first-order valence-electron chi connectivity index (χ1n) is 6.78. The van der Waals surface area contributed by atoms with Crippen LogP contribution >= 0.6 is 0 Å². The lowest BCUT2D eigenvalue weighted by Gasteiger charge is -2.09. The minimum Gasteiger partial charge on any atom is -0.326 e. The molecule has 3 rings (SSSR count). The maximum Gasteiger partial charge on any atom is 0.252 e. The molecule has 1 aromatic heterocycles. The first kappa shape index (κ1) is 13.3. The van der Waals surface area contributed by atoms with Gasteiger partial charge < -0.3 is 5.32 Å². The third-order valence-corrected chi connectivity index (χ3v) is 3.26. The number of benzene rings is 1. The average molecular weight is 285 g/mol. The summed E-state index contributed by atoms with van der Waals surface area (Å²) in [4.78, 5) is 28.1. The van der Waals surface area contributed by atoms with Crippen molar-refractivity contribution in [2.24, 2.45) is 0 Å². The molecule has 0 bridgehead atoms. The van der Waals surface area contributed by atoms with E-state index in [1.54, 1.807) is 12.1 Å². The molecule has 1 atom stereocenters. The Morgan fingerprint density at radius 2 is 2.14 bits per heavy atom. The second-order valence-corrected chi connectivity index (χ2v) is 4.77. The van der Waals surface area contributed by atoms with Crippen LogP contribution in [0.3, 0.4) is 0 Å². The van der Waals surface area contributed by atoms with E-state index in [1.165, 1.54) is 4.68 Å². The first-order chi connectivity index (χ1) is 10.2. The van der Waals surface area contributed by atoms with E-state index in [9.17, 15) is 9.59 Å². The summed E-state index contributed by atoms with van der Waals surface area (Å²) in [7, 11) is 0. The fourth-order valence-electron chi connectivity index (χ4n) is 2.21. The van der Waals surface area contributed by atoms with E-state index in [0.29, 0.717) is 23.9 Å². The van der Waals surface area contributed by atoms with Gasteiger partial charge in [-0.15, -0.1) is 0 Å². The maximum atomic E-state index is 12.0. The molecular weight excluding hydrogens is 270 g/mol. The van der Waals surface area contributed by atoms with Crippen molar-refractivity contribution in [1.82, 2.24) is 14.8 Å². The minimum absolute atomic E-state index is 0.0280. The number of hydrogen-bond donors (Lipinski definition) is 2. The summed E-state index contributed by atoms with van der Waals surface area (Å²) in [5.41, 5.74) is 0.703. The Bertz CT molecular complexity index is 680. The van der Waals surface area contributed by atoms with Crippen molar-refractivity contribution in [1.29, 1.82) is 0 Å². The Morgan fingerprint density at radius 1 is 1.38 bits per heavy atom. The third-order valence-electron chi connectivity index (χ3n) is 3.26. The van der Waals surface area contributed by atoms with Crippen LogP contribution in [0.15, 0.2) is 30.3 Å². The van der Waals surface area contributed by atoms with Gasteiger partial charge >= 0.3 is 0 Å². The van der Waals surface area contributed by atoms with Crippen molar-refractivity contribution in [3.63, 3.8) is 0 Å². The van der Waals surface area contributed by atoms with Gasteiger partial charge in [-0.05, 0) is 12.1 Å². The second kappa shape index (κ2) is 5.35. The highest BCUT2D eigenvalue weighted by Crippen LogP contribution is 2.25. The molecule has 21 heavy (non-hydrogen) atoms. The Kier molecular flexibility index (Phi) is 3.39. The van der Waals surface area contributed by atoms with Gasteiger partial charge in [-0.3, -0.25) is 14.9 Å². The van der Waals surface area contributed by atoms with Crippen molar-refractivity contribution >= 4 is 23.5 Å². The fraction of sp³-hybridized carbons (Fsp3) is 0.286. The summed E-state index contributed by atoms with van der Waals surface area (Å²) < 4.78 is 1.49. The highest BCUT2D eigenvalue weighted by Gasteiger charge is 2.34. The lowest BCUT2D eigenvalue weighted by atomic mass is 10.2. The van der Waals surface area contributed by atoms with Crippen molar-refractivity contribution in [2.45, 2.75) is 25.8 Å². The molecule has 0 unspecified atom stereocenters. The molecule has 0 spiro atoms. The van der Waals surface area contributed by atoms with E-state index in [4.69, 9.17) is 0 Å². The Balaban J connectivity index is 1.71. The third kappa shape index (κ3) is 2.62. The van der Waals surface area contributed by atoms with Crippen molar-refractivity contribution in [3.8, 4) is 0 Å². The number of hydrogen-bond acceptors (Lipinski definition) is 4. The highest BCUT2D eigenvalue weighted by atomic mass is 16.2. The van der Waals surface area contributed by atoms with Crippen LogP contribution in [0.1, 0.15) is 25.2 Å². The molecule has 0 saturated heterocycles. The highest BCUT2D eigenvalue weighted by molar-refractivity contribution is 6.00. The van der Waals surface area contributed by atoms with Gasteiger partial charge in [-0.2, -0.15) is 10.1 Å². The molecule has 2 aromatic rings. The molecule has 7 nitrogen and oxygen atoms in total. The van der Waals surface area contributed by atoms with Crippen LogP contribution in [0, 0.1) is 0 Å². The van der Waals surface area contributed by atoms with E-state index >= 15 is 0 Å². The Labute approximate surface area is 121 Å². The second-order valence-electron chi connectivity index (χ2n) is 4.77. The van der Waals surface area contributed by atoms with Crippen molar-refractivity contribution < 1.29 is 9.59 Å². The zero-order chi connectivity index (χ0) is 14.8. The van der Waals surface area contributed by atoms with Crippen molar-refractivity contribution in [3.05, 3.63) is 36.2 Å². The van der Waals surface area contributed by atoms with Gasteiger partial charge in [0.05, 0.1) is 6.42 Å². The summed E-state index contributed by atoms with van der Waals surface area (Å²) in [6.45, 7) is 1.93. The number of para-hydroxylation sites is 1. The topological polar surface area (TPSA) is 88.9 Å². The maximum absolute atomic E-state index is 12.0. The van der Waals surface area contributed by atoms with Crippen LogP contribution in [0.2, 0.25) is 0 Å². The largest absolute Gasteiger partial charge is 0.326 e. The quantitative estimate of drug-likeness (QED) is 0.887. The molecule has 7 heteroatoms. The number of fused-ring (bicyclic) bond motifs is 1. The molecule has 2 N–H and O–H groups in total. The lowest BCUT2D eigenvalue weighted by molar-refractivity contribution is -0.123. The van der Waals surface area contributed by atoms with Gasteiger partial charge in [0, 0.05) is 12.1 Å². The SMILES string of the molecule is CCc1nc2n(n1)[C@H](CC(=O)Nc1ccccc1)C(=O)N2. The van der Waals surface area contributed by atoms with E-state index in [-0.39, 0.29) is 18.2 Å².